The van der Waals surface area contributed by atoms with E-state index in [-0.39, 0.29) is 12.3 Å². The summed E-state index contributed by atoms with van der Waals surface area (Å²) >= 11 is 0. The summed E-state index contributed by atoms with van der Waals surface area (Å²) in [6.45, 7) is 3.61. The molecule has 1 heterocycles. The summed E-state index contributed by atoms with van der Waals surface area (Å²) in [5.74, 6) is -0.993. The van der Waals surface area contributed by atoms with E-state index < -0.39 is 5.79 Å². The Bertz CT molecular complexity index is 409. The van der Waals surface area contributed by atoms with Crippen molar-refractivity contribution in [2.24, 2.45) is 5.73 Å². The Morgan fingerprint density at radius 1 is 1.38 bits per heavy atom. The molecule has 1 aromatic rings. The van der Waals surface area contributed by atoms with Crippen LogP contribution in [-0.2, 0) is 20.9 Å². The van der Waals surface area contributed by atoms with Gasteiger partial charge in [-0.2, -0.15) is 0 Å². The highest BCUT2D eigenvalue weighted by atomic mass is 17.1. The van der Waals surface area contributed by atoms with Gasteiger partial charge in [-0.1, -0.05) is 18.2 Å². The van der Waals surface area contributed by atoms with Crippen molar-refractivity contribution in [3.63, 3.8) is 0 Å². The van der Waals surface area contributed by atoms with Crippen LogP contribution in [0, 0.1) is 0 Å². The van der Waals surface area contributed by atoms with Crippen molar-refractivity contribution < 1.29 is 14.5 Å². The van der Waals surface area contributed by atoms with Crippen molar-refractivity contribution in [2.45, 2.75) is 26.1 Å². The van der Waals surface area contributed by atoms with Crippen molar-refractivity contribution in [3.05, 3.63) is 29.8 Å². The number of nitrogens with zero attached hydrogens (tertiary/aromatic N) is 1. The maximum atomic E-state index is 10.9. The smallest absolute Gasteiger partial charge is 0.221 e. The molecule has 1 saturated heterocycles. The fraction of sp³-hybridized carbons (Fsp3) is 0.364. The molecular weight excluding hydrogens is 208 g/mol. The van der Waals surface area contributed by atoms with Gasteiger partial charge >= 0.3 is 0 Å². The summed E-state index contributed by atoms with van der Waals surface area (Å²) in [4.78, 5) is 21.7. The molecule has 0 aromatic heterocycles. The standard InChI is InChI=1S/C11H14N2O3/c1-11(2)15-13(16-11)9-6-4-3-5-8(9)7-10(12)14/h3-6H,7H2,1-2H3,(H2,12,14). The molecule has 5 nitrogen and oxygen atoms in total. The molecule has 0 aliphatic carbocycles. The minimum Gasteiger partial charge on any atom is -0.369 e. The van der Waals surface area contributed by atoms with Gasteiger partial charge in [0.2, 0.25) is 11.7 Å². The number of benzene rings is 1. The van der Waals surface area contributed by atoms with Crippen LogP contribution in [0.4, 0.5) is 5.69 Å². The SMILES string of the molecule is CC1(C)ON(c2ccccc2CC(N)=O)O1. The topological polar surface area (TPSA) is 64.8 Å². The second kappa shape index (κ2) is 3.77. The monoisotopic (exact) mass is 222 g/mol. The van der Waals surface area contributed by atoms with Crippen LogP contribution in [0.15, 0.2) is 24.3 Å². The minimum atomic E-state index is -0.611. The number of rotatable bonds is 3. The molecule has 1 aliphatic heterocycles. The first-order valence-electron chi connectivity index (χ1n) is 5.02. The molecule has 1 aliphatic rings. The predicted octanol–water partition coefficient (Wildman–Crippen LogP) is 1.13. The van der Waals surface area contributed by atoms with Gasteiger partial charge in [0, 0.05) is 0 Å². The summed E-state index contributed by atoms with van der Waals surface area (Å²) in [5.41, 5.74) is 6.66. The first-order chi connectivity index (χ1) is 7.48. The van der Waals surface area contributed by atoms with E-state index in [1.165, 1.54) is 5.23 Å². The lowest BCUT2D eigenvalue weighted by molar-refractivity contribution is -0.402. The number of para-hydroxylation sites is 1. The maximum Gasteiger partial charge on any atom is 0.221 e. The average Bonchev–Trinajstić information content (AvgIpc) is 2.14. The summed E-state index contributed by atoms with van der Waals surface area (Å²) in [5, 5.41) is 1.30. The van der Waals surface area contributed by atoms with Crippen LogP contribution in [0.3, 0.4) is 0 Å². The average molecular weight is 222 g/mol. The van der Waals surface area contributed by atoms with Crippen molar-refractivity contribution in [2.75, 3.05) is 5.23 Å². The molecule has 5 heteroatoms. The molecule has 1 amide bonds. The van der Waals surface area contributed by atoms with Gasteiger partial charge < -0.3 is 5.73 Å². The predicted molar refractivity (Wildman–Crippen MR) is 58.1 cm³/mol. The van der Waals surface area contributed by atoms with E-state index in [0.717, 1.165) is 5.56 Å². The lowest BCUT2D eigenvalue weighted by Gasteiger charge is -2.44. The highest BCUT2D eigenvalue weighted by Gasteiger charge is 2.39. The van der Waals surface area contributed by atoms with Crippen molar-refractivity contribution in [1.82, 2.24) is 0 Å². The molecule has 1 aromatic carbocycles. The van der Waals surface area contributed by atoms with Gasteiger partial charge in [-0.25, -0.2) is 9.68 Å². The lowest BCUT2D eigenvalue weighted by atomic mass is 10.1. The summed E-state index contributed by atoms with van der Waals surface area (Å²) < 4.78 is 0. The molecule has 0 atom stereocenters. The quantitative estimate of drug-likeness (QED) is 0.832. The zero-order valence-corrected chi connectivity index (χ0v) is 9.27. The van der Waals surface area contributed by atoms with Crippen LogP contribution >= 0.6 is 0 Å². The number of nitrogens with two attached hydrogens (primary N) is 1. The first kappa shape index (κ1) is 10.9. The molecule has 2 rings (SSSR count). The Labute approximate surface area is 93.6 Å². The number of carbonyl (C=O) groups excluding carboxylic acids is 1. The zero-order valence-electron chi connectivity index (χ0n) is 9.27. The Morgan fingerprint density at radius 3 is 2.56 bits per heavy atom. The Kier molecular flexibility index (Phi) is 2.57. The number of anilines is 1. The number of amides is 1. The van der Waals surface area contributed by atoms with Crippen LogP contribution < -0.4 is 11.0 Å². The van der Waals surface area contributed by atoms with Gasteiger partial charge in [-0.15, -0.1) is 5.23 Å². The van der Waals surface area contributed by atoms with Crippen molar-refractivity contribution in [3.8, 4) is 0 Å². The first-order valence-corrected chi connectivity index (χ1v) is 5.02. The third-order valence-corrected chi connectivity index (χ3v) is 2.16. The Morgan fingerprint density at radius 2 is 2.00 bits per heavy atom. The molecule has 0 bridgehead atoms. The molecule has 86 valence electrons. The number of hydrogen-bond acceptors (Lipinski definition) is 4. The van der Waals surface area contributed by atoms with Gasteiger partial charge in [0.1, 0.15) is 0 Å². The largest absolute Gasteiger partial charge is 0.369 e. The second-order valence-corrected chi connectivity index (χ2v) is 4.11. The normalized spacial score (nSPS) is 18.0. The zero-order chi connectivity index (χ0) is 11.8. The summed E-state index contributed by atoms with van der Waals surface area (Å²) in [6, 6.07) is 7.32. The van der Waals surface area contributed by atoms with Crippen molar-refractivity contribution >= 4 is 11.6 Å². The summed E-state index contributed by atoms with van der Waals surface area (Å²) in [7, 11) is 0. The molecule has 1 fully saturated rings. The van der Waals surface area contributed by atoms with E-state index in [2.05, 4.69) is 0 Å². The third-order valence-electron chi connectivity index (χ3n) is 2.16. The lowest BCUT2D eigenvalue weighted by Crippen LogP contribution is -2.53. The fourth-order valence-electron chi connectivity index (χ4n) is 1.53. The number of hydrogen-bond donors (Lipinski definition) is 1. The van der Waals surface area contributed by atoms with Crippen LogP contribution in [-0.4, -0.2) is 11.7 Å². The summed E-state index contributed by atoms with van der Waals surface area (Å²) in [6.07, 6.45) is 0.166. The van der Waals surface area contributed by atoms with Crippen molar-refractivity contribution in [1.29, 1.82) is 0 Å². The molecule has 0 unspecified atom stereocenters. The van der Waals surface area contributed by atoms with Crippen LogP contribution in [0.5, 0.6) is 0 Å². The fourth-order valence-corrected chi connectivity index (χ4v) is 1.53. The third kappa shape index (κ3) is 2.15. The van der Waals surface area contributed by atoms with Crippen LogP contribution in [0.25, 0.3) is 0 Å². The van der Waals surface area contributed by atoms with Gasteiger partial charge in [-0.3, -0.25) is 4.79 Å². The molecule has 0 radical (unpaired) electrons. The molecular formula is C11H14N2O3. The van der Waals surface area contributed by atoms with E-state index in [0.29, 0.717) is 5.69 Å². The van der Waals surface area contributed by atoms with Gasteiger partial charge in [-0.05, 0) is 25.5 Å². The van der Waals surface area contributed by atoms with Gasteiger partial charge in [0.15, 0.2) is 0 Å². The number of carbonyl (C=O) groups is 1. The highest BCUT2D eigenvalue weighted by molar-refractivity contribution is 5.78. The molecule has 0 spiro atoms. The Balaban J connectivity index is 2.18. The van der Waals surface area contributed by atoms with E-state index >= 15 is 0 Å². The Hall–Kier alpha value is -1.59. The van der Waals surface area contributed by atoms with E-state index in [1.807, 2.05) is 24.3 Å². The van der Waals surface area contributed by atoms with Gasteiger partial charge in [0.25, 0.3) is 0 Å². The number of primary amides is 1. The van der Waals surface area contributed by atoms with E-state index in [9.17, 15) is 4.79 Å². The van der Waals surface area contributed by atoms with E-state index in [1.54, 1.807) is 13.8 Å². The molecule has 2 N–H and O–H groups in total. The highest BCUT2D eigenvalue weighted by Crippen LogP contribution is 2.34. The maximum absolute atomic E-state index is 10.9. The van der Waals surface area contributed by atoms with E-state index in [4.69, 9.17) is 15.4 Å². The van der Waals surface area contributed by atoms with Crippen LogP contribution in [0.2, 0.25) is 0 Å². The second-order valence-electron chi connectivity index (χ2n) is 4.11. The minimum absolute atomic E-state index is 0.166. The van der Waals surface area contributed by atoms with Crippen LogP contribution in [0.1, 0.15) is 19.4 Å². The van der Waals surface area contributed by atoms with Gasteiger partial charge in [0.05, 0.1) is 12.1 Å². The molecule has 0 saturated carbocycles. The molecule has 16 heavy (non-hydrogen) atoms.